The maximum atomic E-state index is 13.3. The van der Waals surface area contributed by atoms with Crippen molar-refractivity contribution in [3.05, 3.63) is 22.1 Å². The van der Waals surface area contributed by atoms with Crippen molar-refractivity contribution in [2.24, 2.45) is 5.92 Å². The number of amides is 1. The molecule has 0 aromatic carbocycles. The smallest absolute Gasteiger partial charge is 0.278 e. The summed E-state index contributed by atoms with van der Waals surface area (Å²) in [5.74, 6) is 0.405. The van der Waals surface area contributed by atoms with Crippen molar-refractivity contribution in [3.8, 4) is 0 Å². The molecule has 0 aliphatic heterocycles. The first-order valence-corrected chi connectivity index (χ1v) is 11.5. The number of hydrogen-bond donors (Lipinski definition) is 0. The fourth-order valence-electron chi connectivity index (χ4n) is 4.15. The minimum atomic E-state index is -0.0516. The van der Waals surface area contributed by atoms with Crippen molar-refractivity contribution in [2.45, 2.75) is 77.2 Å². The molecule has 154 valence electrons. The number of nitrogens with zero attached hydrogens (tertiary/aromatic N) is 4. The topological polar surface area (TPSA) is 60.1 Å². The lowest BCUT2D eigenvalue weighted by Crippen LogP contribution is -2.40. The number of aryl methyl sites for hydroxylation is 1. The molecule has 0 radical (unpaired) electrons. The van der Waals surface area contributed by atoms with Gasteiger partial charge in [-0.25, -0.2) is 4.98 Å². The van der Waals surface area contributed by atoms with Crippen LogP contribution in [0.4, 0.5) is 0 Å². The van der Waals surface area contributed by atoms with Crippen LogP contribution in [0.1, 0.15) is 51.6 Å². The molecule has 0 saturated heterocycles. The highest BCUT2D eigenvalue weighted by molar-refractivity contribution is 7.98. The second-order valence-corrected chi connectivity index (χ2v) is 9.08. The van der Waals surface area contributed by atoms with Crippen LogP contribution in [0.15, 0.2) is 16.0 Å². The van der Waals surface area contributed by atoms with Crippen molar-refractivity contribution in [2.75, 3.05) is 13.3 Å². The van der Waals surface area contributed by atoms with E-state index in [0.29, 0.717) is 29.5 Å². The maximum Gasteiger partial charge on any atom is 0.278 e. The van der Waals surface area contributed by atoms with Crippen LogP contribution in [0.5, 0.6) is 0 Å². The molecule has 1 amide bonds. The van der Waals surface area contributed by atoms with E-state index >= 15 is 0 Å². The summed E-state index contributed by atoms with van der Waals surface area (Å²) in [7, 11) is 1.90. The van der Waals surface area contributed by atoms with Gasteiger partial charge in [0.15, 0.2) is 5.16 Å². The van der Waals surface area contributed by atoms with E-state index in [2.05, 4.69) is 13.8 Å². The number of likely N-dealkylation sites (N-methyl/N-ethyl adjacent to an activating group) is 1. The molecule has 3 rings (SSSR count). The standard InChI is InChI=1S/C21H32N4O2S/c1-14(2)12-25-20(27)19-17(22-21(25)28-5)11-15(3)24(19)13-18(26)23(4)16-9-7-6-8-10-16/h11,14,16H,6-10,12-13H2,1-5H3. The van der Waals surface area contributed by atoms with E-state index in [1.807, 2.05) is 35.8 Å². The van der Waals surface area contributed by atoms with Crippen LogP contribution in [0.25, 0.3) is 11.0 Å². The third kappa shape index (κ3) is 4.14. The average molecular weight is 405 g/mol. The number of aromatic nitrogens is 3. The molecule has 2 aromatic heterocycles. The molecule has 1 aliphatic rings. The molecule has 0 atom stereocenters. The molecule has 1 fully saturated rings. The van der Waals surface area contributed by atoms with Crippen molar-refractivity contribution in [3.63, 3.8) is 0 Å². The molecule has 2 aromatic rings. The normalized spacial score (nSPS) is 15.5. The Bertz CT molecular complexity index is 909. The Labute approximate surface area is 171 Å². The Morgan fingerprint density at radius 3 is 2.57 bits per heavy atom. The summed E-state index contributed by atoms with van der Waals surface area (Å²) < 4.78 is 3.61. The molecule has 0 bridgehead atoms. The van der Waals surface area contributed by atoms with Gasteiger partial charge in [-0.05, 0) is 38.0 Å². The number of carbonyl (C=O) groups excluding carboxylic acids is 1. The van der Waals surface area contributed by atoms with Gasteiger partial charge in [0.2, 0.25) is 5.91 Å². The predicted molar refractivity (Wildman–Crippen MR) is 115 cm³/mol. The summed E-state index contributed by atoms with van der Waals surface area (Å²) in [4.78, 5) is 32.9. The Morgan fingerprint density at radius 2 is 1.96 bits per heavy atom. The number of fused-ring (bicyclic) bond motifs is 1. The average Bonchev–Trinajstić information content (AvgIpc) is 2.99. The summed E-state index contributed by atoms with van der Waals surface area (Å²) in [5.41, 5.74) is 2.07. The number of carbonyl (C=O) groups is 1. The highest BCUT2D eigenvalue weighted by Gasteiger charge is 2.24. The number of rotatable bonds is 6. The minimum absolute atomic E-state index is 0.0516. The first kappa shape index (κ1) is 21.0. The molecule has 1 saturated carbocycles. The van der Waals surface area contributed by atoms with E-state index in [4.69, 9.17) is 4.98 Å². The van der Waals surface area contributed by atoms with Crippen LogP contribution in [-0.4, -0.2) is 44.3 Å². The molecule has 7 heteroatoms. The summed E-state index contributed by atoms with van der Waals surface area (Å²) in [6, 6.07) is 2.24. The number of hydrogen-bond acceptors (Lipinski definition) is 4. The SMILES string of the molecule is CSc1nc2cc(C)n(CC(=O)N(C)C3CCCCC3)c2c(=O)n1CC(C)C. The molecule has 2 heterocycles. The Hall–Kier alpha value is -1.76. The lowest BCUT2D eigenvalue weighted by atomic mass is 9.94. The second-order valence-electron chi connectivity index (χ2n) is 8.31. The predicted octanol–water partition coefficient (Wildman–Crippen LogP) is 3.68. The van der Waals surface area contributed by atoms with Gasteiger partial charge in [-0.1, -0.05) is 44.9 Å². The van der Waals surface area contributed by atoms with Gasteiger partial charge in [0.05, 0.1) is 5.52 Å². The molecule has 28 heavy (non-hydrogen) atoms. The van der Waals surface area contributed by atoms with Gasteiger partial charge in [0, 0.05) is 25.3 Å². The molecule has 0 unspecified atom stereocenters. The van der Waals surface area contributed by atoms with Gasteiger partial charge in [-0.15, -0.1) is 0 Å². The van der Waals surface area contributed by atoms with E-state index in [9.17, 15) is 9.59 Å². The third-order valence-electron chi connectivity index (χ3n) is 5.72. The zero-order valence-electron chi connectivity index (χ0n) is 17.7. The minimum Gasteiger partial charge on any atom is -0.341 e. The molecular weight excluding hydrogens is 372 g/mol. The maximum absolute atomic E-state index is 13.3. The lowest BCUT2D eigenvalue weighted by molar-refractivity contribution is -0.133. The van der Waals surface area contributed by atoms with Crippen molar-refractivity contribution >= 4 is 28.7 Å². The van der Waals surface area contributed by atoms with Crippen LogP contribution >= 0.6 is 11.8 Å². The molecule has 0 N–H and O–H groups in total. The van der Waals surface area contributed by atoms with Gasteiger partial charge in [0.1, 0.15) is 12.1 Å². The van der Waals surface area contributed by atoms with Crippen LogP contribution < -0.4 is 5.56 Å². The van der Waals surface area contributed by atoms with E-state index in [0.717, 1.165) is 23.7 Å². The van der Waals surface area contributed by atoms with Gasteiger partial charge in [0.25, 0.3) is 5.56 Å². The van der Waals surface area contributed by atoms with Gasteiger partial charge >= 0.3 is 0 Å². The van der Waals surface area contributed by atoms with Crippen molar-refractivity contribution in [1.82, 2.24) is 19.0 Å². The number of thioether (sulfide) groups is 1. The fraction of sp³-hybridized carbons (Fsp3) is 0.667. The van der Waals surface area contributed by atoms with Crippen molar-refractivity contribution in [1.29, 1.82) is 0 Å². The fourth-order valence-corrected chi connectivity index (χ4v) is 4.72. The summed E-state index contributed by atoms with van der Waals surface area (Å²) in [6.07, 6.45) is 7.74. The Balaban J connectivity index is 1.97. The van der Waals surface area contributed by atoms with Crippen LogP contribution in [-0.2, 0) is 17.9 Å². The van der Waals surface area contributed by atoms with Gasteiger partial charge < -0.3 is 9.47 Å². The first-order valence-electron chi connectivity index (χ1n) is 10.2. The van der Waals surface area contributed by atoms with E-state index in [1.165, 1.54) is 31.0 Å². The largest absolute Gasteiger partial charge is 0.341 e. The second kappa shape index (κ2) is 8.72. The van der Waals surface area contributed by atoms with Crippen molar-refractivity contribution < 1.29 is 4.79 Å². The molecular formula is C21H32N4O2S. The Kier molecular flexibility index (Phi) is 6.53. The summed E-state index contributed by atoms with van der Waals surface area (Å²) in [6.45, 7) is 6.94. The van der Waals surface area contributed by atoms with E-state index < -0.39 is 0 Å². The summed E-state index contributed by atoms with van der Waals surface area (Å²) >= 11 is 1.49. The Morgan fingerprint density at radius 1 is 1.29 bits per heavy atom. The zero-order valence-corrected chi connectivity index (χ0v) is 18.5. The lowest BCUT2D eigenvalue weighted by Gasteiger charge is -2.31. The highest BCUT2D eigenvalue weighted by atomic mass is 32.2. The highest BCUT2D eigenvalue weighted by Crippen LogP contribution is 2.23. The van der Waals surface area contributed by atoms with Crippen LogP contribution in [0.2, 0.25) is 0 Å². The van der Waals surface area contributed by atoms with Crippen LogP contribution in [0.3, 0.4) is 0 Å². The zero-order chi connectivity index (χ0) is 20.4. The van der Waals surface area contributed by atoms with Gasteiger partial charge in [-0.3, -0.25) is 14.2 Å². The van der Waals surface area contributed by atoms with E-state index in [-0.39, 0.29) is 18.0 Å². The third-order valence-corrected chi connectivity index (χ3v) is 6.39. The monoisotopic (exact) mass is 404 g/mol. The quantitative estimate of drug-likeness (QED) is 0.544. The molecule has 1 aliphatic carbocycles. The molecule has 6 nitrogen and oxygen atoms in total. The first-order chi connectivity index (χ1) is 13.3. The molecule has 0 spiro atoms. The van der Waals surface area contributed by atoms with Crippen LogP contribution in [0, 0.1) is 12.8 Å². The van der Waals surface area contributed by atoms with Gasteiger partial charge in [-0.2, -0.15) is 0 Å². The van der Waals surface area contributed by atoms with E-state index in [1.54, 1.807) is 4.57 Å². The summed E-state index contributed by atoms with van der Waals surface area (Å²) in [5, 5.41) is 0.731.